The van der Waals surface area contributed by atoms with E-state index in [-0.39, 0.29) is 11.6 Å². The number of Topliss-reactive ketones (excluding diaryl/α,β-unsaturated/α-hetero) is 1. The average molecular weight is 467 g/mol. The van der Waals surface area contributed by atoms with Gasteiger partial charge >= 0.3 is 0 Å². The first-order valence-corrected chi connectivity index (χ1v) is 12.5. The highest BCUT2D eigenvalue weighted by atomic mass is 32.1. The highest BCUT2D eigenvalue weighted by Gasteiger charge is 2.20. The number of hydrogen-bond donors (Lipinski definition) is 0. The van der Waals surface area contributed by atoms with E-state index in [9.17, 15) is 9.18 Å². The van der Waals surface area contributed by atoms with Crippen LogP contribution in [0.2, 0.25) is 0 Å². The molecule has 0 radical (unpaired) electrons. The Morgan fingerprint density at radius 1 is 0.970 bits per heavy atom. The quantitative estimate of drug-likeness (QED) is 0.306. The molecule has 0 spiro atoms. The number of halogens is 1. The van der Waals surface area contributed by atoms with Crippen LogP contribution >= 0.6 is 11.5 Å². The predicted octanol–water partition coefficient (Wildman–Crippen LogP) is 5.14. The molecule has 0 atom stereocenters. The van der Waals surface area contributed by atoms with E-state index in [1.165, 1.54) is 29.2 Å². The van der Waals surface area contributed by atoms with Gasteiger partial charge in [-0.05, 0) is 44.0 Å². The van der Waals surface area contributed by atoms with Crippen LogP contribution in [0.3, 0.4) is 0 Å². The summed E-state index contributed by atoms with van der Waals surface area (Å²) >= 11 is 1.45. The van der Waals surface area contributed by atoms with Crippen molar-refractivity contribution in [1.82, 2.24) is 14.3 Å². The molecule has 2 heterocycles. The van der Waals surface area contributed by atoms with E-state index >= 15 is 0 Å². The molecule has 1 aliphatic heterocycles. The average Bonchev–Trinajstić information content (AvgIpc) is 3.29. The topological polar surface area (TPSA) is 49.3 Å². The van der Waals surface area contributed by atoms with Crippen LogP contribution in [0.1, 0.15) is 53.0 Å². The van der Waals surface area contributed by atoms with Crippen molar-refractivity contribution in [2.45, 2.75) is 39.0 Å². The highest BCUT2D eigenvalue weighted by molar-refractivity contribution is 7.09. The summed E-state index contributed by atoms with van der Waals surface area (Å²) in [6.45, 7) is 7.08. The maximum Gasteiger partial charge on any atom is 0.205 e. The van der Waals surface area contributed by atoms with Crippen molar-refractivity contribution in [3.63, 3.8) is 0 Å². The number of unbranched alkanes of at least 4 members (excludes halogenated alkanes) is 2. The third-order valence-corrected chi connectivity index (χ3v) is 6.94. The normalized spacial score (nSPS) is 14.5. The van der Waals surface area contributed by atoms with Gasteiger partial charge in [0.2, 0.25) is 5.13 Å². The van der Waals surface area contributed by atoms with Crippen LogP contribution in [0.4, 0.5) is 9.52 Å². The second-order valence-electron chi connectivity index (χ2n) is 8.72. The van der Waals surface area contributed by atoms with E-state index in [0.717, 1.165) is 74.1 Å². The van der Waals surface area contributed by atoms with Crippen molar-refractivity contribution in [2.75, 3.05) is 37.6 Å². The Kier molecular flexibility index (Phi) is 8.18. The van der Waals surface area contributed by atoms with Gasteiger partial charge in [0.15, 0.2) is 5.78 Å². The third kappa shape index (κ3) is 6.92. The van der Waals surface area contributed by atoms with Gasteiger partial charge in [-0.15, -0.1) is 0 Å². The van der Waals surface area contributed by atoms with Gasteiger partial charge in [0.05, 0.1) is 0 Å². The summed E-state index contributed by atoms with van der Waals surface area (Å²) < 4.78 is 17.6. The minimum atomic E-state index is -0.223. The van der Waals surface area contributed by atoms with Gasteiger partial charge < -0.3 is 4.90 Å². The number of aryl methyl sites for hydroxylation is 1. The van der Waals surface area contributed by atoms with Gasteiger partial charge in [0.25, 0.3) is 0 Å². The Balaban J connectivity index is 1.12. The molecule has 0 N–H and O–H groups in total. The van der Waals surface area contributed by atoms with Gasteiger partial charge in [-0.3, -0.25) is 9.69 Å². The molecule has 0 amide bonds. The van der Waals surface area contributed by atoms with E-state index in [1.807, 2.05) is 31.2 Å². The molecular formula is C26H31FN4OS. The van der Waals surface area contributed by atoms with Gasteiger partial charge in [-0.2, -0.15) is 4.37 Å². The third-order valence-electron chi connectivity index (χ3n) is 6.13. The summed E-state index contributed by atoms with van der Waals surface area (Å²) in [6, 6.07) is 14.4. The van der Waals surface area contributed by atoms with Crippen molar-refractivity contribution in [2.24, 2.45) is 0 Å². The number of piperazine rings is 1. The molecule has 1 aromatic heterocycles. The molecule has 1 fully saturated rings. The summed E-state index contributed by atoms with van der Waals surface area (Å²) in [5, 5.41) is 0.973. The molecule has 1 aliphatic rings. The van der Waals surface area contributed by atoms with Crippen molar-refractivity contribution in [3.05, 3.63) is 76.9 Å². The van der Waals surface area contributed by atoms with Crippen LogP contribution < -0.4 is 4.90 Å². The SMILES string of the molecule is Cc1ccc(C(=O)CCCCCN2CCN(c3nc(Cc4ccc(F)cc4)ns3)CC2)cc1. The molecule has 174 valence electrons. The number of nitrogens with zero attached hydrogens (tertiary/aromatic N) is 4. The largest absolute Gasteiger partial charge is 0.344 e. The zero-order valence-electron chi connectivity index (χ0n) is 19.2. The van der Waals surface area contributed by atoms with Crippen LogP contribution in [0.25, 0.3) is 0 Å². The number of carbonyl (C=O) groups excluding carboxylic acids is 1. The van der Waals surface area contributed by atoms with Crippen LogP contribution in [-0.2, 0) is 6.42 Å². The van der Waals surface area contributed by atoms with E-state index in [0.29, 0.717) is 12.8 Å². The highest BCUT2D eigenvalue weighted by Crippen LogP contribution is 2.21. The summed E-state index contributed by atoms with van der Waals surface area (Å²) in [4.78, 5) is 21.8. The number of benzene rings is 2. The monoisotopic (exact) mass is 466 g/mol. The minimum Gasteiger partial charge on any atom is -0.344 e. The fourth-order valence-electron chi connectivity index (χ4n) is 4.07. The van der Waals surface area contributed by atoms with E-state index in [4.69, 9.17) is 4.98 Å². The lowest BCUT2D eigenvalue weighted by Crippen LogP contribution is -2.46. The Labute approximate surface area is 199 Å². The van der Waals surface area contributed by atoms with Crippen LogP contribution in [0, 0.1) is 12.7 Å². The summed E-state index contributed by atoms with van der Waals surface area (Å²) in [5.41, 5.74) is 3.03. The molecule has 2 aromatic carbocycles. The first kappa shape index (κ1) is 23.5. The molecule has 1 saturated heterocycles. The summed E-state index contributed by atoms with van der Waals surface area (Å²) in [5.74, 6) is 0.822. The molecule has 4 rings (SSSR count). The lowest BCUT2D eigenvalue weighted by Gasteiger charge is -2.34. The van der Waals surface area contributed by atoms with E-state index < -0.39 is 0 Å². The summed E-state index contributed by atoms with van der Waals surface area (Å²) in [7, 11) is 0. The Morgan fingerprint density at radius 2 is 1.70 bits per heavy atom. The standard InChI is InChI=1S/C26H31FN4OS/c1-20-6-10-22(11-7-20)24(32)5-3-2-4-14-30-15-17-31(18-16-30)26-28-25(29-33-26)19-21-8-12-23(27)13-9-21/h6-13H,2-5,14-19H2,1H3. The second-order valence-corrected chi connectivity index (χ2v) is 9.46. The van der Waals surface area contributed by atoms with Crippen molar-refractivity contribution >= 4 is 22.4 Å². The van der Waals surface area contributed by atoms with Crippen molar-refractivity contribution < 1.29 is 9.18 Å². The fraction of sp³-hybridized carbons (Fsp3) is 0.423. The fourth-order valence-corrected chi connectivity index (χ4v) is 4.81. The molecule has 0 bridgehead atoms. The predicted molar refractivity (Wildman–Crippen MR) is 132 cm³/mol. The molecule has 0 saturated carbocycles. The maximum atomic E-state index is 13.1. The Morgan fingerprint density at radius 3 is 2.42 bits per heavy atom. The molecule has 7 heteroatoms. The van der Waals surface area contributed by atoms with Crippen LogP contribution in [0.5, 0.6) is 0 Å². The van der Waals surface area contributed by atoms with Gasteiger partial charge in [-0.1, -0.05) is 48.4 Å². The smallest absolute Gasteiger partial charge is 0.205 e. The minimum absolute atomic E-state index is 0.223. The molecule has 33 heavy (non-hydrogen) atoms. The maximum absolute atomic E-state index is 13.1. The Hall–Kier alpha value is -2.64. The van der Waals surface area contributed by atoms with Crippen molar-refractivity contribution in [3.8, 4) is 0 Å². The van der Waals surface area contributed by atoms with E-state index in [1.54, 1.807) is 12.1 Å². The van der Waals surface area contributed by atoms with Gasteiger partial charge in [0.1, 0.15) is 11.6 Å². The van der Waals surface area contributed by atoms with Crippen LogP contribution in [0.15, 0.2) is 48.5 Å². The summed E-state index contributed by atoms with van der Waals surface area (Å²) in [6.07, 6.45) is 4.42. The number of aromatic nitrogens is 2. The number of rotatable bonds is 10. The number of hydrogen-bond acceptors (Lipinski definition) is 6. The zero-order valence-corrected chi connectivity index (χ0v) is 20.0. The number of carbonyl (C=O) groups is 1. The first-order chi connectivity index (χ1) is 16.1. The zero-order chi connectivity index (χ0) is 23.0. The second kappa shape index (κ2) is 11.5. The lowest BCUT2D eigenvalue weighted by atomic mass is 10.0. The lowest BCUT2D eigenvalue weighted by molar-refractivity contribution is 0.0978. The molecule has 5 nitrogen and oxygen atoms in total. The number of anilines is 1. The first-order valence-electron chi connectivity index (χ1n) is 11.7. The van der Waals surface area contributed by atoms with Crippen LogP contribution in [-0.4, -0.2) is 52.8 Å². The van der Waals surface area contributed by atoms with Crippen molar-refractivity contribution in [1.29, 1.82) is 0 Å². The van der Waals surface area contributed by atoms with Gasteiger partial charge in [0, 0.05) is 56.1 Å². The molecule has 3 aromatic rings. The van der Waals surface area contributed by atoms with Gasteiger partial charge in [-0.25, -0.2) is 9.37 Å². The Bertz CT molecular complexity index is 1030. The number of ketones is 1. The molecule has 0 aliphatic carbocycles. The molecule has 0 unspecified atom stereocenters. The van der Waals surface area contributed by atoms with E-state index in [2.05, 4.69) is 14.2 Å². The molecular weight excluding hydrogens is 435 g/mol.